The molecule has 41 heavy (non-hydrogen) atoms. The van der Waals surface area contributed by atoms with Crippen molar-refractivity contribution in [2.24, 2.45) is 11.8 Å². The van der Waals surface area contributed by atoms with Crippen molar-refractivity contribution in [1.82, 2.24) is 14.8 Å². The highest BCUT2D eigenvalue weighted by molar-refractivity contribution is 6.07. The molecule has 0 saturated carbocycles. The Labute approximate surface area is 235 Å². The summed E-state index contributed by atoms with van der Waals surface area (Å²) in [4.78, 5) is 26.6. The monoisotopic (exact) mass is 579 g/mol. The lowest BCUT2D eigenvalue weighted by Gasteiger charge is -2.39. The van der Waals surface area contributed by atoms with Gasteiger partial charge in [-0.05, 0) is 31.7 Å². The predicted molar refractivity (Wildman–Crippen MR) is 143 cm³/mol. The summed E-state index contributed by atoms with van der Waals surface area (Å²) in [6.07, 6.45) is -0.732. The number of allylic oxidation sites excluding steroid dienone is 1. The molecule has 1 fully saturated rings. The van der Waals surface area contributed by atoms with E-state index in [1.165, 1.54) is 20.1 Å². The molecule has 4 rings (SSSR count). The maximum absolute atomic E-state index is 15.4. The van der Waals surface area contributed by atoms with E-state index in [-0.39, 0.29) is 17.4 Å². The molecular weight excluding hydrogens is 546 g/mol. The van der Waals surface area contributed by atoms with Crippen LogP contribution in [0.2, 0.25) is 0 Å². The van der Waals surface area contributed by atoms with Crippen LogP contribution in [0.15, 0.2) is 30.0 Å². The zero-order valence-electron chi connectivity index (χ0n) is 23.4. The lowest BCUT2D eigenvalue weighted by Crippen LogP contribution is -2.44. The maximum atomic E-state index is 15.4. The van der Waals surface area contributed by atoms with Gasteiger partial charge in [-0.25, -0.2) is 4.39 Å². The molecule has 1 aromatic carbocycles. The second-order valence-electron chi connectivity index (χ2n) is 10.3. The highest BCUT2D eigenvalue weighted by atomic mass is 19.4. The van der Waals surface area contributed by atoms with E-state index < -0.39 is 30.2 Å². The molecule has 1 aromatic heterocycles. The largest absolute Gasteiger partial charge is 0.493 e. The molecule has 2 amide bonds. The quantitative estimate of drug-likeness (QED) is 0.357. The fraction of sp³-hybridized carbons (Fsp3) is 0.517. The minimum absolute atomic E-state index is 0.172. The Morgan fingerprint density at radius 1 is 1.12 bits per heavy atom. The average molecular weight is 580 g/mol. The Hall–Kier alpha value is -3.72. The number of methoxy groups -OCH3 is 3. The number of ether oxygens (including phenoxy) is 3. The van der Waals surface area contributed by atoms with E-state index in [0.29, 0.717) is 61.5 Å². The van der Waals surface area contributed by atoms with Crippen molar-refractivity contribution < 1.29 is 41.4 Å². The molecule has 2 unspecified atom stereocenters. The van der Waals surface area contributed by atoms with Gasteiger partial charge < -0.3 is 29.0 Å². The summed E-state index contributed by atoms with van der Waals surface area (Å²) >= 11 is 0. The number of nitrogens with one attached hydrogen (secondary N) is 1. The summed E-state index contributed by atoms with van der Waals surface area (Å²) in [6.45, 7) is 2.62. The topological polar surface area (TPSA) is 82.0 Å². The highest BCUT2D eigenvalue weighted by Gasteiger charge is 2.42. The van der Waals surface area contributed by atoms with Crippen molar-refractivity contribution in [3.05, 3.63) is 35.5 Å². The summed E-state index contributed by atoms with van der Waals surface area (Å²) in [5.41, 5.74) is -0.368. The number of hydrogen-bond donors (Lipinski definition) is 1. The number of carbonyl (C=O) groups excluding carboxylic acids is 2. The summed E-state index contributed by atoms with van der Waals surface area (Å²) in [7, 11) is 4.66. The zero-order chi connectivity index (χ0) is 29.9. The molecule has 2 aliphatic rings. The number of benzene rings is 1. The van der Waals surface area contributed by atoms with Gasteiger partial charge >= 0.3 is 12.1 Å². The van der Waals surface area contributed by atoms with E-state index in [9.17, 15) is 22.8 Å². The van der Waals surface area contributed by atoms with Crippen LogP contribution in [0.5, 0.6) is 11.5 Å². The van der Waals surface area contributed by atoms with E-state index in [4.69, 9.17) is 14.2 Å². The van der Waals surface area contributed by atoms with Gasteiger partial charge in [-0.15, -0.1) is 0 Å². The van der Waals surface area contributed by atoms with E-state index >= 15 is 4.39 Å². The lowest BCUT2D eigenvalue weighted by molar-refractivity contribution is -0.173. The molecule has 0 spiro atoms. The van der Waals surface area contributed by atoms with Gasteiger partial charge in [0.25, 0.3) is 5.91 Å². The fourth-order valence-electron chi connectivity index (χ4n) is 5.45. The number of rotatable bonds is 9. The number of carbonyl (C=O) groups is 2. The van der Waals surface area contributed by atoms with Crippen LogP contribution in [0.4, 0.5) is 17.6 Å². The van der Waals surface area contributed by atoms with Crippen LogP contribution in [0.3, 0.4) is 0 Å². The van der Waals surface area contributed by atoms with E-state index in [1.807, 2.05) is 10.6 Å². The molecule has 1 saturated heterocycles. The molecule has 0 radical (unpaired) electrons. The Balaban J connectivity index is 1.50. The summed E-state index contributed by atoms with van der Waals surface area (Å²) in [6, 6.07) is 3.59. The first-order chi connectivity index (χ1) is 19.4. The number of halogens is 4. The summed E-state index contributed by atoms with van der Waals surface area (Å²) < 4.78 is 71.1. The highest BCUT2D eigenvalue weighted by Crippen LogP contribution is 2.39. The smallest absolute Gasteiger partial charge is 0.471 e. The van der Waals surface area contributed by atoms with Crippen LogP contribution >= 0.6 is 0 Å². The number of likely N-dealkylation sites (tertiary alicyclic amines) is 1. The third-order valence-electron chi connectivity index (χ3n) is 7.66. The van der Waals surface area contributed by atoms with Gasteiger partial charge in [-0.1, -0.05) is 17.9 Å². The lowest BCUT2D eigenvalue weighted by atomic mass is 9.73. The van der Waals surface area contributed by atoms with Gasteiger partial charge in [0, 0.05) is 55.9 Å². The normalized spacial score (nSPS) is 21.2. The summed E-state index contributed by atoms with van der Waals surface area (Å²) in [5.74, 6) is 2.95. The van der Waals surface area contributed by atoms with E-state index in [1.54, 1.807) is 36.7 Å². The maximum Gasteiger partial charge on any atom is 0.471 e. The van der Waals surface area contributed by atoms with Crippen LogP contribution in [-0.4, -0.2) is 80.7 Å². The molecule has 8 nitrogen and oxygen atoms in total. The molecule has 1 aliphatic heterocycles. The first kappa shape index (κ1) is 30.2. The van der Waals surface area contributed by atoms with E-state index in [2.05, 4.69) is 11.8 Å². The van der Waals surface area contributed by atoms with Gasteiger partial charge in [0.2, 0.25) is 0 Å². The van der Waals surface area contributed by atoms with Gasteiger partial charge in [0.05, 0.1) is 38.5 Å². The molecule has 2 aromatic rings. The van der Waals surface area contributed by atoms with Crippen LogP contribution < -0.4 is 14.8 Å². The van der Waals surface area contributed by atoms with Crippen LogP contribution in [0.25, 0.3) is 10.9 Å². The van der Waals surface area contributed by atoms with Crippen molar-refractivity contribution in [2.45, 2.75) is 38.2 Å². The second kappa shape index (κ2) is 12.0. The minimum Gasteiger partial charge on any atom is -0.493 e. The molecule has 2 heterocycles. The third-order valence-corrected chi connectivity index (χ3v) is 7.66. The Morgan fingerprint density at radius 2 is 1.78 bits per heavy atom. The van der Waals surface area contributed by atoms with Gasteiger partial charge in [-0.2, -0.15) is 13.2 Å². The molecule has 1 aliphatic carbocycles. The minimum atomic E-state index is -5.01. The van der Waals surface area contributed by atoms with Crippen LogP contribution in [0.1, 0.15) is 30.1 Å². The Morgan fingerprint density at radius 3 is 2.39 bits per heavy atom. The van der Waals surface area contributed by atoms with Crippen LogP contribution in [0, 0.1) is 23.7 Å². The molecule has 0 bridgehead atoms. The van der Waals surface area contributed by atoms with Crippen molar-refractivity contribution in [3.8, 4) is 23.3 Å². The number of hydrogen-bond acceptors (Lipinski definition) is 5. The summed E-state index contributed by atoms with van der Waals surface area (Å²) in [5, 5.41) is 2.50. The molecule has 222 valence electrons. The zero-order valence-corrected chi connectivity index (χ0v) is 23.4. The van der Waals surface area contributed by atoms with Crippen molar-refractivity contribution in [1.29, 1.82) is 0 Å². The third kappa shape index (κ3) is 6.45. The van der Waals surface area contributed by atoms with Gasteiger partial charge in [0.1, 0.15) is 0 Å². The predicted octanol–water partition coefficient (Wildman–Crippen LogP) is 4.12. The molecular formula is C29H33F4N3O5. The number of aromatic nitrogens is 1. The van der Waals surface area contributed by atoms with Crippen molar-refractivity contribution in [3.63, 3.8) is 0 Å². The first-order valence-corrected chi connectivity index (χ1v) is 13.2. The average Bonchev–Trinajstić information content (AvgIpc) is 3.30. The van der Waals surface area contributed by atoms with Gasteiger partial charge in [-0.3, -0.25) is 9.59 Å². The molecule has 1 N–H and O–H groups in total. The Bertz CT molecular complexity index is 1400. The van der Waals surface area contributed by atoms with Crippen LogP contribution in [-0.2, 0) is 16.1 Å². The van der Waals surface area contributed by atoms with Crippen molar-refractivity contribution in [2.75, 3.05) is 47.6 Å². The Kier molecular flexibility index (Phi) is 8.87. The number of fused-ring (bicyclic) bond motifs is 1. The number of alkyl halides is 4. The second-order valence-corrected chi connectivity index (χ2v) is 10.3. The SMILES string of the molecule is COCCn1cc(C(=O)N2CCC(C3C=C(CNC(=O)C(F)(F)F)C#CC3(C)F)CC2)c2cc(OC)c(OC)cc21. The number of piperidine rings is 1. The number of amides is 2. The standard InChI is InChI=1S/C29H33F4N3O5/c1-28(30)8-5-18(16-34-27(38)29(31,32)33)13-22(28)19-6-9-35(10-7-19)26(37)21-17-36(11-12-39-2)23-15-25(41-4)24(40-3)14-20(21)23/h13-15,17,19,22H,6-7,9-12,16H2,1-4H3,(H,34,38). The molecule has 12 heteroatoms. The van der Waals surface area contributed by atoms with Crippen molar-refractivity contribution >= 4 is 22.7 Å². The first-order valence-electron chi connectivity index (χ1n) is 13.2. The fourth-order valence-corrected chi connectivity index (χ4v) is 5.45. The molecule has 2 atom stereocenters. The number of nitrogens with zero attached hydrogens (tertiary/aromatic N) is 2. The van der Waals surface area contributed by atoms with E-state index in [0.717, 1.165) is 5.52 Å². The van der Waals surface area contributed by atoms with Gasteiger partial charge in [0.15, 0.2) is 17.2 Å².